The van der Waals surface area contributed by atoms with E-state index in [2.05, 4.69) is 5.32 Å². The Bertz CT molecular complexity index is 1250. The Labute approximate surface area is 240 Å². The number of nitrogens with zero attached hydrogens (tertiary/aromatic N) is 1. The number of rotatable bonds is 12. The predicted molar refractivity (Wildman–Crippen MR) is 155 cm³/mol. The van der Waals surface area contributed by atoms with Gasteiger partial charge in [0.25, 0.3) is 0 Å². The van der Waals surface area contributed by atoms with Gasteiger partial charge in [-0.2, -0.15) is 0 Å². The molecule has 0 aliphatic heterocycles. The second-order valence-corrected chi connectivity index (χ2v) is 10.9. The van der Waals surface area contributed by atoms with E-state index in [1.165, 1.54) is 39.1 Å². The normalized spacial score (nSPS) is 14.2. The second kappa shape index (κ2) is 14.1. The van der Waals surface area contributed by atoms with Crippen LogP contribution in [0.1, 0.15) is 54.1 Å². The van der Waals surface area contributed by atoms with Crippen molar-refractivity contribution in [2.24, 2.45) is 0 Å². The fraction of sp³-hybridized carbons (Fsp3) is 0.419. The van der Waals surface area contributed by atoms with Crippen molar-refractivity contribution in [3.8, 4) is 23.0 Å². The molecule has 4 rings (SSSR count). The topological polar surface area (TPSA) is 86.3 Å². The first-order chi connectivity index (χ1) is 19.5. The van der Waals surface area contributed by atoms with Gasteiger partial charge in [0.2, 0.25) is 17.6 Å². The van der Waals surface area contributed by atoms with Crippen molar-refractivity contribution in [2.45, 2.75) is 57.2 Å². The van der Waals surface area contributed by atoms with Gasteiger partial charge in [-0.3, -0.25) is 9.59 Å². The summed E-state index contributed by atoms with van der Waals surface area (Å²) in [4.78, 5) is 30.8. The van der Waals surface area contributed by atoms with Gasteiger partial charge >= 0.3 is 0 Å². The van der Waals surface area contributed by atoms with Crippen LogP contribution in [-0.4, -0.2) is 51.2 Å². The van der Waals surface area contributed by atoms with Crippen molar-refractivity contribution in [3.05, 3.63) is 69.9 Å². The summed E-state index contributed by atoms with van der Waals surface area (Å²) in [5.41, 5.74) is 1.42. The lowest BCUT2D eigenvalue weighted by atomic mass is 9.94. The van der Waals surface area contributed by atoms with Crippen molar-refractivity contribution < 1.29 is 28.5 Å². The number of hydrogen-bond donors (Lipinski definition) is 1. The molecule has 1 heterocycles. The molecular formula is C31H38N2O6S. The highest BCUT2D eigenvalue weighted by molar-refractivity contribution is 7.10. The van der Waals surface area contributed by atoms with Crippen LogP contribution in [0.15, 0.2) is 53.9 Å². The predicted octanol–water partition coefficient (Wildman–Crippen LogP) is 5.54. The number of benzene rings is 2. The van der Waals surface area contributed by atoms with Crippen molar-refractivity contribution >= 4 is 23.2 Å². The zero-order valence-electron chi connectivity index (χ0n) is 23.6. The quantitative estimate of drug-likeness (QED) is 0.310. The van der Waals surface area contributed by atoms with Crippen LogP contribution in [0.2, 0.25) is 0 Å². The first-order valence-electron chi connectivity index (χ1n) is 13.5. The van der Waals surface area contributed by atoms with Crippen molar-refractivity contribution in [1.82, 2.24) is 10.2 Å². The van der Waals surface area contributed by atoms with Crippen molar-refractivity contribution in [1.29, 1.82) is 0 Å². The van der Waals surface area contributed by atoms with Crippen LogP contribution in [0.4, 0.5) is 0 Å². The Morgan fingerprint density at radius 2 is 1.65 bits per heavy atom. The lowest BCUT2D eigenvalue weighted by Gasteiger charge is -2.34. The van der Waals surface area contributed by atoms with Crippen LogP contribution < -0.4 is 24.3 Å². The molecule has 0 unspecified atom stereocenters. The zero-order valence-corrected chi connectivity index (χ0v) is 24.4. The third-order valence-electron chi connectivity index (χ3n) is 7.23. The number of carbonyl (C=O) groups excluding carboxylic acids is 2. The highest BCUT2D eigenvalue weighted by atomic mass is 32.1. The van der Waals surface area contributed by atoms with E-state index in [9.17, 15) is 9.59 Å². The van der Waals surface area contributed by atoms with Gasteiger partial charge in [-0.1, -0.05) is 37.5 Å². The smallest absolute Gasteiger partial charge is 0.247 e. The molecule has 0 radical (unpaired) electrons. The minimum Gasteiger partial charge on any atom is -0.497 e. The summed E-state index contributed by atoms with van der Waals surface area (Å²) < 4.78 is 22.2. The summed E-state index contributed by atoms with van der Waals surface area (Å²) >= 11 is 1.52. The number of thiophene rings is 1. The van der Waals surface area contributed by atoms with Gasteiger partial charge < -0.3 is 29.2 Å². The first kappa shape index (κ1) is 29.3. The average molecular weight is 567 g/mol. The molecule has 40 heavy (non-hydrogen) atoms. The molecule has 0 spiro atoms. The van der Waals surface area contributed by atoms with E-state index in [1.807, 2.05) is 41.8 Å². The Morgan fingerprint density at radius 1 is 0.925 bits per heavy atom. The fourth-order valence-electron chi connectivity index (χ4n) is 5.21. The highest BCUT2D eigenvalue weighted by Gasteiger charge is 2.34. The molecule has 3 aromatic rings. The van der Waals surface area contributed by atoms with E-state index in [0.29, 0.717) is 28.6 Å². The average Bonchev–Trinajstić information content (AvgIpc) is 3.49. The molecule has 1 aliphatic rings. The van der Waals surface area contributed by atoms with E-state index in [1.54, 1.807) is 24.1 Å². The summed E-state index contributed by atoms with van der Waals surface area (Å²) in [7, 11) is 6.21. The molecular weight excluding hydrogens is 528 g/mol. The van der Waals surface area contributed by atoms with E-state index in [0.717, 1.165) is 36.1 Å². The number of carbonyl (C=O) groups is 2. The van der Waals surface area contributed by atoms with E-state index in [4.69, 9.17) is 18.9 Å². The maximum absolute atomic E-state index is 14.2. The van der Waals surface area contributed by atoms with Crippen LogP contribution in [0.25, 0.3) is 0 Å². The minimum absolute atomic E-state index is 0.0665. The summed E-state index contributed by atoms with van der Waals surface area (Å²) in [5, 5.41) is 5.20. The summed E-state index contributed by atoms with van der Waals surface area (Å²) in [6.45, 7) is 0.209. The summed E-state index contributed by atoms with van der Waals surface area (Å²) in [6.07, 6.45) is 5.35. The molecule has 1 aromatic heterocycles. The Kier molecular flexibility index (Phi) is 10.3. The van der Waals surface area contributed by atoms with Crippen molar-refractivity contribution in [2.75, 3.05) is 28.4 Å². The lowest BCUT2D eigenvalue weighted by Crippen LogP contribution is -2.47. The third kappa shape index (κ3) is 7.07. The third-order valence-corrected chi connectivity index (χ3v) is 8.10. The molecule has 2 amide bonds. The molecule has 1 aliphatic carbocycles. The highest BCUT2D eigenvalue weighted by Crippen LogP contribution is 2.41. The lowest BCUT2D eigenvalue weighted by molar-refractivity contribution is -0.141. The second-order valence-electron chi connectivity index (χ2n) is 9.83. The van der Waals surface area contributed by atoms with E-state index in [-0.39, 0.29) is 30.8 Å². The largest absolute Gasteiger partial charge is 0.497 e. The van der Waals surface area contributed by atoms with Gasteiger partial charge in [-0.05, 0) is 59.7 Å². The van der Waals surface area contributed by atoms with Crippen LogP contribution in [0.5, 0.6) is 23.0 Å². The van der Waals surface area contributed by atoms with Gasteiger partial charge in [0, 0.05) is 17.5 Å². The number of methoxy groups -OCH3 is 4. The number of amides is 2. The van der Waals surface area contributed by atoms with Crippen LogP contribution in [0.3, 0.4) is 0 Å². The standard InChI is InChI=1S/C31H38N2O6S/c1-36-24-13-8-10-21(16-24)20-33(28(34)19-25-14-9-15-40-25)29(31(35)32-23-11-6-5-7-12-23)22-17-26(37-2)30(39-4)27(18-22)38-3/h8-10,13-18,23,29H,5-7,11-12,19-20H2,1-4H3,(H,32,35)/t29-/m0/s1. The van der Waals surface area contributed by atoms with Gasteiger partial charge in [0.05, 0.1) is 34.9 Å². The summed E-state index contributed by atoms with van der Waals surface area (Å²) in [6, 6.07) is 14.0. The van der Waals surface area contributed by atoms with Gasteiger partial charge in [0.15, 0.2) is 11.5 Å². The first-order valence-corrected chi connectivity index (χ1v) is 14.4. The Balaban J connectivity index is 1.81. The molecule has 2 aromatic carbocycles. The molecule has 1 saturated carbocycles. The number of hydrogen-bond acceptors (Lipinski definition) is 7. The maximum Gasteiger partial charge on any atom is 0.247 e. The molecule has 8 nitrogen and oxygen atoms in total. The monoisotopic (exact) mass is 566 g/mol. The molecule has 9 heteroatoms. The van der Waals surface area contributed by atoms with Gasteiger partial charge in [0.1, 0.15) is 11.8 Å². The summed E-state index contributed by atoms with van der Waals surface area (Å²) in [5.74, 6) is 1.54. The molecule has 1 atom stereocenters. The maximum atomic E-state index is 14.2. The fourth-order valence-corrected chi connectivity index (χ4v) is 5.91. The van der Waals surface area contributed by atoms with E-state index >= 15 is 0 Å². The van der Waals surface area contributed by atoms with Crippen LogP contribution in [0, 0.1) is 0 Å². The van der Waals surface area contributed by atoms with E-state index < -0.39 is 6.04 Å². The van der Waals surface area contributed by atoms with Crippen molar-refractivity contribution in [3.63, 3.8) is 0 Å². The van der Waals surface area contributed by atoms with Gasteiger partial charge in [-0.25, -0.2) is 0 Å². The molecule has 0 saturated heterocycles. The Hall–Kier alpha value is -3.72. The molecule has 214 valence electrons. The minimum atomic E-state index is -0.936. The Morgan fingerprint density at radius 3 is 2.25 bits per heavy atom. The van der Waals surface area contributed by atoms with Crippen LogP contribution >= 0.6 is 11.3 Å². The number of nitrogens with one attached hydrogen (secondary N) is 1. The molecule has 1 N–H and O–H groups in total. The zero-order chi connectivity index (χ0) is 28.5. The van der Waals surface area contributed by atoms with Gasteiger partial charge in [-0.15, -0.1) is 11.3 Å². The number of ether oxygens (including phenoxy) is 4. The SMILES string of the molecule is COc1cccc(CN(C(=O)Cc2cccs2)[C@H](C(=O)NC2CCCCC2)c2cc(OC)c(OC)c(OC)c2)c1. The molecule has 0 bridgehead atoms. The van der Waals surface area contributed by atoms with Crippen LogP contribution in [-0.2, 0) is 22.6 Å². The molecule has 1 fully saturated rings.